The van der Waals surface area contributed by atoms with Gasteiger partial charge in [-0.2, -0.15) is 0 Å². The fraction of sp³-hybridized carbons (Fsp3) is 0.190. The summed E-state index contributed by atoms with van der Waals surface area (Å²) in [6.07, 6.45) is 0. The van der Waals surface area contributed by atoms with E-state index < -0.39 is 0 Å². The quantitative estimate of drug-likeness (QED) is 0.320. The number of nitrogens with one attached hydrogen (secondary N) is 3. The second kappa shape index (κ2) is 11.3. The SMILES string of the molecule is CCOc1ccc(C(=O)Nc2nnc(SCC(=O)Nc3cccc(NC(C)=O)c3)s2)cc1. The lowest BCUT2D eigenvalue weighted by molar-refractivity contribution is -0.114. The molecule has 1 heterocycles. The molecule has 3 N–H and O–H groups in total. The highest BCUT2D eigenvalue weighted by Crippen LogP contribution is 2.26. The van der Waals surface area contributed by atoms with Crippen LogP contribution in [-0.2, 0) is 9.59 Å². The molecule has 0 saturated carbocycles. The molecular formula is C21H21N5O4S2. The summed E-state index contributed by atoms with van der Waals surface area (Å²) in [4.78, 5) is 35.7. The van der Waals surface area contributed by atoms with E-state index in [1.807, 2.05) is 6.92 Å². The van der Waals surface area contributed by atoms with E-state index in [9.17, 15) is 14.4 Å². The summed E-state index contributed by atoms with van der Waals surface area (Å²) in [6, 6.07) is 13.7. The second-order valence-electron chi connectivity index (χ2n) is 6.38. The van der Waals surface area contributed by atoms with E-state index in [-0.39, 0.29) is 23.5 Å². The molecule has 0 atom stereocenters. The predicted octanol–water partition coefficient (Wildman–Crippen LogP) is 3.88. The monoisotopic (exact) mass is 471 g/mol. The minimum Gasteiger partial charge on any atom is -0.494 e. The van der Waals surface area contributed by atoms with Gasteiger partial charge in [-0.25, -0.2) is 0 Å². The average molecular weight is 472 g/mol. The average Bonchev–Trinajstić information content (AvgIpc) is 3.20. The Labute approximate surface area is 193 Å². The van der Waals surface area contributed by atoms with Crippen molar-refractivity contribution in [2.75, 3.05) is 28.3 Å². The van der Waals surface area contributed by atoms with E-state index in [0.717, 1.165) is 0 Å². The zero-order chi connectivity index (χ0) is 22.9. The highest BCUT2D eigenvalue weighted by atomic mass is 32.2. The van der Waals surface area contributed by atoms with Gasteiger partial charge in [0, 0.05) is 23.9 Å². The third kappa shape index (κ3) is 7.06. The van der Waals surface area contributed by atoms with E-state index in [2.05, 4.69) is 26.1 Å². The first kappa shape index (κ1) is 23.2. The first-order valence-electron chi connectivity index (χ1n) is 9.61. The van der Waals surface area contributed by atoms with Crippen LogP contribution in [0, 0.1) is 0 Å². The third-order valence-electron chi connectivity index (χ3n) is 3.85. The van der Waals surface area contributed by atoms with Gasteiger partial charge in [0.25, 0.3) is 5.91 Å². The van der Waals surface area contributed by atoms with Crippen molar-refractivity contribution in [1.82, 2.24) is 10.2 Å². The normalized spacial score (nSPS) is 10.3. The van der Waals surface area contributed by atoms with E-state index in [0.29, 0.717) is 38.8 Å². The van der Waals surface area contributed by atoms with Crippen LogP contribution < -0.4 is 20.7 Å². The van der Waals surface area contributed by atoms with Gasteiger partial charge in [-0.15, -0.1) is 10.2 Å². The summed E-state index contributed by atoms with van der Waals surface area (Å²) in [5.74, 6) is 0.0819. The molecule has 0 saturated heterocycles. The van der Waals surface area contributed by atoms with E-state index >= 15 is 0 Å². The molecule has 3 amide bonds. The highest BCUT2D eigenvalue weighted by molar-refractivity contribution is 8.01. The smallest absolute Gasteiger partial charge is 0.257 e. The van der Waals surface area contributed by atoms with Crippen LogP contribution in [0.25, 0.3) is 0 Å². The van der Waals surface area contributed by atoms with Crippen LogP contribution >= 0.6 is 23.1 Å². The molecule has 0 bridgehead atoms. The minimum absolute atomic E-state index is 0.117. The Morgan fingerprint density at radius 1 is 1.00 bits per heavy atom. The number of aromatic nitrogens is 2. The van der Waals surface area contributed by atoms with Crippen molar-refractivity contribution in [3.8, 4) is 5.75 Å². The van der Waals surface area contributed by atoms with Gasteiger partial charge in [0.15, 0.2) is 4.34 Å². The number of thioether (sulfide) groups is 1. The summed E-state index contributed by atoms with van der Waals surface area (Å²) in [5, 5.41) is 16.4. The van der Waals surface area contributed by atoms with Gasteiger partial charge in [0.1, 0.15) is 5.75 Å². The van der Waals surface area contributed by atoms with Gasteiger partial charge in [0.05, 0.1) is 12.4 Å². The van der Waals surface area contributed by atoms with Crippen molar-refractivity contribution in [3.05, 3.63) is 54.1 Å². The van der Waals surface area contributed by atoms with Crippen LogP contribution in [0.15, 0.2) is 52.9 Å². The van der Waals surface area contributed by atoms with Gasteiger partial charge in [-0.05, 0) is 49.4 Å². The first-order valence-corrected chi connectivity index (χ1v) is 11.4. The molecule has 0 spiro atoms. The molecule has 0 aliphatic heterocycles. The molecule has 3 aromatic rings. The molecular weight excluding hydrogens is 450 g/mol. The van der Waals surface area contributed by atoms with Crippen molar-refractivity contribution in [1.29, 1.82) is 0 Å². The lowest BCUT2D eigenvalue weighted by Gasteiger charge is -2.07. The van der Waals surface area contributed by atoms with Gasteiger partial charge in [0.2, 0.25) is 16.9 Å². The number of carbonyl (C=O) groups excluding carboxylic acids is 3. The van der Waals surface area contributed by atoms with E-state index in [1.54, 1.807) is 48.5 Å². The number of rotatable bonds is 9. The molecule has 0 unspecified atom stereocenters. The Balaban J connectivity index is 1.49. The predicted molar refractivity (Wildman–Crippen MR) is 126 cm³/mol. The van der Waals surface area contributed by atoms with Crippen LogP contribution in [-0.4, -0.2) is 40.3 Å². The molecule has 1 aromatic heterocycles. The van der Waals surface area contributed by atoms with E-state index in [4.69, 9.17) is 4.74 Å². The number of amides is 3. The summed E-state index contributed by atoms with van der Waals surface area (Å²) in [7, 11) is 0. The fourth-order valence-electron chi connectivity index (χ4n) is 2.56. The van der Waals surface area contributed by atoms with E-state index in [1.165, 1.54) is 30.0 Å². The van der Waals surface area contributed by atoms with Crippen molar-refractivity contribution >= 4 is 57.3 Å². The number of anilines is 3. The molecule has 32 heavy (non-hydrogen) atoms. The van der Waals surface area contributed by atoms with Gasteiger partial charge in [-0.3, -0.25) is 19.7 Å². The standard InChI is InChI=1S/C21H21N5O4S2/c1-3-30-17-9-7-14(8-10-17)19(29)24-20-25-26-21(32-20)31-12-18(28)23-16-6-4-5-15(11-16)22-13(2)27/h4-11H,3,12H2,1-2H3,(H,22,27)(H,23,28)(H,24,25,29). The molecule has 166 valence electrons. The fourth-order valence-corrected chi connectivity index (χ4v) is 4.11. The number of ether oxygens (including phenoxy) is 1. The number of carbonyl (C=O) groups is 3. The van der Waals surface area contributed by atoms with Crippen molar-refractivity contribution in [2.24, 2.45) is 0 Å². The first-order chi connectivity index (χ1) is 15.4. The Hall–Kier alpha value is -3.44. The van der Waals surface area contributed by atoms with Crippen molar-refractivity contribution in [2.45, 2.75) is 18.2 Å². The van der Waals surface area contributed by atoms with Gasteiger partial charge in [-0.1, -0.05) is 29.2 Å². The number of hydrogen-bond donors (Lipinski definition) is 3. The molecule has 0 radical (unpaired) electrons. The third-order valence-corrected chi connectivity index (χ3v) is 5.82. The maximum atomic E-state index is 12.3. The Bertz CT molecular complexity index is 1100. The summed E-state index contributed by atoms with van der Waals surface area (Å²) >= 11 is 2.39. The lowest BCUT2D eigenvalue weighted by atomic mass is 10.2. The molecule has 11 heteroatoms. The van der Waals surface area contributed by atoms with Crippen molar-refractivity contribution < 1.29 is 19.1 Å². The molecule has 2 aromatic carbocycles. The van der Waals surface area contributed by atoms with Gasteiger partial charge < -0.3 is 15.4 Å². The number of nitrogens with zero attached hydrogens (tertiary/aromatic N) is 2. The number of hydrogen-bond acceptors (Lipinski definition) is 8. The number of benzene rings is 2. The van der Waals surface area contributed by atoms with Crippen LogP contribution in [0.3, 0.4) is 0 Å². The topological polar surface area (TPSA) is 122 Å². The Morgan fingerprint density at radius 2 is 1.72 bits per heavy atom. The largest absolute Gasteiger partial charge is 0.494 e. The van der Waals surface area contributed by atoms with Crippen molar-refractivity contribution in [3.63, 3.8) is 0 Å². The van der Waals surface area contributed by atoms with Crippen LogP contribution in [0.5, 0.6) is 5.75 Å². The minimum atomic E-state index is -0.308. The Morgan fingerprint density at radius 3 is 2.41 bits per heavy atom. The lowest BCUT2D eigenvalue weighted by Crippen LogP contribution is -2.14. The second-order valence-corrected chi connectivity index (χ2v) is 8.58. The van der Waals surface area contributed by atoms with Crippen LogP contribution in [0.2, 0.25) is 0 Å². The van der Waals surface area contributed by atoms with Crippen LogP contribution in [0.1, 0.15) is 24.2 Å². The zero-order valence-corrected chi connectivity index (χ0v) is 19.0. The molecule has 0 fully saturated rings. The Kier molecular flexibility index (Phi) is 8.17. The summed E-state index contributed by atoms with van der Waals surface area (Å²) in [5.41, 5.74) is 1.64. The maximum absolute atomic E-state index is 12.3. The maximum Gasteiger partial charge on any atom is 0.257 e. The van der Waals surface area contributed by atoms with Gasteiger partial charge >= 0.3 is 0 Å². The summed E-state index contributed by atoms with van der Waals surface area (Å²) < 4.78 is 5.91. The molecule has 9 nitrogen and oxygen atoms in total. The van der Waals surface area contributed by atoms with Crippen LogP contribution in [0.4, 0.5) is 16.5 Å². The molecule has 3 rings (SSSR count). The highest BCUT2D eigenvalue weighted by Gasteiger charge is 2.12. The molecule has 0 aliphatic carbocycles. The zero-order valence-electron chi connectivity index (χ0n) is 17.4. The molecule has 0 aliphatic rings. The summed E-state index contributed by atoms with van der Waals surface area (Å²) in [6.45, 7) is 3.86.